The quantitative estimate of drug-likeness (QED) is 0.167. The highest BCUT2D eigenvalue weighted by atomic mass is 31.2. The van der Waals surface area contributed by atoms with Crippen molar-refractivity contribution in [1.82, 2.24) is 0 Å². The van der Waals surface area contributed by atoms with Gasteiger partial charge in [-0.2, -0.15) is 0 Å². The molecule has 0 heterocycles. The third kappa shape index (κ3) is 13.6. The molecule has 0 saturated heterocycles. The van der Waals surface area contributed by atoms with E-state index in [9.17, 15) is 9.46 Å². The Bertz CT molecular complexity index is 322. The van der Waals surface area contributed by atoms with Gasteiger partial charge in [-0.3, -0.25) is 9.82 Å². The molecule has 0 saturated carbocycles. The van der Waals surface area contributed by atoms with Gasteiger partial charge in [-0.1, -0.05) is 19.8 Å². The highest BCUT2D eigenvalue weighted by Crippen LogP contribution is 2.38. The van der Waals surface area contributed by atoms with Crippen molar-refractivity contribution in [3.8, 4) is 0 Å². The zero-order valence-corrected chi connectivity index (χ0v) is 14.9. The smallest absolute Gasteiger partial charge is 0.268 e. The van der Waals surface area contributed by atoms with Crippen molar-refractivity contribution in [2.24, 2.45) is 0 Å². The summed E-state index contributed by atoms with van der Waals surface area (Å²) in [5.41, 5.74) is 0. The maximum atomic E-state index is 11.6. The van der Waals surface area contributed by atoms with Crippen LogP contribution in [0.4, 0.5) is 0 Å². The van der Waals surface area contributed by atoms with E-state index in [4.69, 9.17) is 19.0 Å². The Kier molecular flexibility index (Phi) is 11.5. The van der Waals surface area contributed by atoms with Crippen molar-refractivity contribution >= 4 is 7.82 Å². The van der Waals surface area contributed by atoms with Crippen LogP contribution in [-0.4, -0.2) is 70.0 Å². The monoisotopic (exact) mass is 343 g/mol. The Balaban J connectivity index is 4.06. The van der Waals surface area contributed by atoms with E-state index in [2.05, 4.69) is 11.8 Å². The molecule has 0 aromatic rings. The van der Waals surface area contributed by atoms with Crippen LogP contribution in [0.2, 0.25) is 0 Å². The third-order valence-electron chi connectivity index (χ3n) is 2.79. The molecular formula is C13H30NO7P. The molecule has 22 heavy (non-hydrogen) atoms. The second-order valence-corrected chi connectivity index (χ2v) is 7.50. The molecule has 0 aliphatic rings. The van der Waals surface area contributed by atoms with Crippen molar-refractivity contribution in [2.45, 2.75) is 32.3 Å². The fourth-order valence-electron chi connectivity index (χ4n) is 1.47. The summed E-state index contributed by atoms with van der Waals surface area (Å²) in [6.07, 6.45) is 2.26. The first-order valence-corrected chi connectivity index (χ1v) is 8.95. The van der Waals surface area contributed by atoms with Gasteiger partial charge in [0.25, 0.3) is 7.82 Å². The standard InChI is InChI=1S/C13H30NO7P/c1-5-6-7-9-18-13(11-19-15)12-21-22(16,17)20-10-8-14(2,3)4/h13H,5-12H2,1-4H3,(H-,15,16,17)/t13-/m1/s1. The van der Waals surface area contributed by atoms with E-state index in [0.717, 1.165) is 19.3 Å². The van der Waals surface area contributed by atoms with Crippen LogP contribution < -0.4 is 4.89 Å². The highest BCUT2D eigenvalue weighted by molar-refractivity contribution is 7.45. The summed E-state index contributed by atoms with van der Waals surface area (Å²) < 4.78 is 27.2. The summed E-state index contributed by atoms with van der Waals surface area (Å²) in [5.74, 6) is 0. The zero-order chi connectivity index (χ0) is 17.1. The van der Waals surface area contributed by atoms with Gasteiger partial charge in [0, 0.05) is 6.61 Å². The summed E-state index contributed by atoms with van der Waals surface area (Å²) in [7, 11) is 1.41. The molecule has 0 fully saturated rings. The Labute approximate surface area is 133 Å². The summed E-state index contributed by atoms with van der Waals surface area (Å²) in [5, 5.41) is 8.48. The molecule has 9 heteroatoms. The first-order chi connectivity index (χ1) is 10.2. The van der Waals surface area contributed by atoms with Crippen LogP contribution in [0.3, 0.4) is 0 Å². The van der Waals surface area contributed by atoms with E-state index < -0.39 is 13.9 Å². The van der Waals surface area contributed by atoms with E-state index in [1.807, 2.05) is 21.1 Å². The van der Waals surface area contributed by atoms with Gasteiger partial charge in [-0.05, 0) is 6.42 Å². The van der Waals surface area contributed by atoms with Gasteiger partial charge < -0.3 is 23.2 Å². The van der Waals surface area contributed by atoms with Gasteiger partial charge in [-0.25, -0.2) is 4.89 Å². The lowest BCUT2D eigenvalue weighted by atomic mass is 10.3. The van der Waals surface area contributed by atoms with Crippen molar-refractivity contribution in [3.63, 3.8) is 0 Å². The normalized spacial score (nSPS) is 16.5. The molecule has 1 N–H and O–H groups in total. The summed E-state index contributed by atoms with van der Waals surface area (Å²) >= 11 is 0. The van der Waals surface area contributed by atoms with Gasteiger partial charge in [0.05, 0.1) is 27.7 Å². The van der Waals surface area contributed by atoms with Crippen molar-refractivity contribution in [2.75, 3.05) is 54.1 Å². The average Bonchev–Trinajstić information content (AvgIpc) is 2.39. The number of phosphoric acid groups is 1. The summed E-state index contributed by atoms with van der Waals surface area (Å²) in [4.78, 5) is 15.6. The first-order valence-electron chi connectivity index (χ1n) is 7.48. The predicted octanol–water partition coefficient (Wildman–Crippen LogP) is 1.26. The number of rotatable bonds is 14. The topological polar surface area (TPSA) is 97.3 Å². The van der Waals surface area contributed by atoms with Gasteiger partial charge in [0.2, 0.25) is 0 Å². The molecule has 0 amide bonds. The Morgan fingerprint density at radius 1 is 1.14 bits per heavy atom. The molecule has 0 aromatic heterocycles. The number of likely N-dealkylation sites (N-methyl/N-ethyl adjacent to an activating group) is 1. The fourth-order valence-corrected chi connectivity index (χ4v) is 2.20. The van der Waals surface area contributed by atoms with Gasteiger partial charge in [0.1, 0.15) is 25.9 Å². The van der Waals surface area contributed by atoms with E-state index in [1.54, 1.807) is 0 Å². The Morgan fingerprint density at radius 2 is 1.82 bits per heavy atom. The maximum absolute atomic E-state index is 11.6. The lowest BCUT2D eigenvalue weighted by Crippen LogP contribution is -2.37. The van der Waals surface area contributed by atoms with E-state index >= 15 is 0 Å². The molecule has 1 unspecified atom stereocenters. The van der Waals surface area contributed by atoms with Gasteiger partial charge >= 0.3 is 0 Å². The van der Waals surface area contributed by atoms with Crippen LogP contribution in [0.25, 0.3) is 0 Å². The molecule has 134 valence electrons. The lowest BCUT2D eigenvalue weighted by Gasteiger charge is -2.28. The second kappa shape index (κ2) is 11.5. The minimum atomic E-state index is -4.38. The molecule has 0 spiro atoms. The largest absolute Gasteiger partial charge is 0.756 e. The second-order valence-electron chi connectivity index (χ2n) is 6.09. The van der Waals surface area contributed by atoms with Crippen molar-refractivity contribution < 1.29 is 37.9 Å². The van der Waals surface area contributed by atoms with Gasteiger partial charge in [-0.15, -0.1) is 0 Å². The molecular weight excluding hydrogens is 313 g/mol. The molecule has 0 aliphatic heterocycles. The minimum Gasteiger partial charge on any atom is -0.756 e. The van der Waals surface area contributed by atoms with E-state index in [0.29, 0.717) is 17.6 Å². The van der Waals surface area contributed by atoms with Gasteiger partial charge in [0.15, 0.2) is 0 Å². The Hall–Kier alpha value is -0.0500. The molecule has 0 aliphatic carbocycles. The van der Waals surface area contributed by atoms with Crippen LogP contribution in [0.1, 0.15) is 26.2 Å². The van der Waals surface area contributed by atoms with Crippen LogP contribution in [0.15, 0.2) is 0 Å². The van der Waals surface area contributed by atoms with Crippen LogP contribution in [0, 0.1) is 0 Å². The van der Waals surface area contributed by atoms with E-state index in [1.165, 1.54) is 0 Å². The zero-order valence-electron chi connectivity index (χ0n) is 14.0. The van der Waals surface area contributed by atoms with E-state index in [-0.39, 0.29) is 19.8 Å². The molecule has 2 atom stereocenters. The maximum Gasteiger partial charge on any atom is 0.268 e. The summed E-state index contributed by atoms with van der Waals surface area (Å²) in [6.45, 7) is 2.69. The number of ether oxygens (including phenoxy) is 1. The first kappa shape index (κ1) is 21.9. The fraction of sp³-hybridized carbons (Fsp3) is 1.00. The third-order valence-corrected chi connectivity index (χ3v) is 3.76. The lowest BCUT2D eigenvalue weighted by molar-refractivity contribution is -0.870. The van der Waals surface area contributed by atoms with Crippen LogP contribution >= 0.6 is 7.82 Å². The number of phosphoric ester groups is 1. The minimum absolute atomic E-state index is 0.0444. The highest BCUT2D eigenvalue weighted by Gasteiger charge is 2.17. The molecule has 0 rings (SSSR count). The average molecular weight is 343 g/mol. The molecule has 0 aromatic carbocycles. The van der Waals surface area contributed by atoms with Crippen LogP contribution in [0.5, 0.6) is 0 Å². The number of unbranched alkanes of at least 4 members (excludes halogenated alkanes) is 2. The molecule has 0 bridgehead atoms. The molecule has 0 radical (unpaired) electrons. The molecule has 8 nitrogen and oxygen atoms in total. The van der Waals surface area contributed by atoms with Crippen LogP contribution in [-0.2, 0) is 23.2 Å². The van der Waals surface area contributed by atoms with Crippen molar-refractivity contribution in [3.05, 3.63) is 0 Å². The van der Waals surface area contributed by atoms with Crippen molar-refractivity contribution in [1.29, 1.82) is 0 Å². The number of hydrogen-bond donors (Lipinski definition) is 1. The number of nitrogens with zero attached hydrogens (tertiary/aromatic N) is 1. The summed E-state index contributed by atoms with van der Waals surface area (Å²) in [6, 6.07) is 0. The predicted molar refractivity (Wildman–Crippen MR) is 80.3 cm³/mol. The Morgan fingerprint density at radius 3 is 2.36 bits per heavy atom. The number of hydrogen-bond acceptors (Lipinski definition) is 7. The number of quaternary nitrogens is 1. The SMILES string of the molecule is CCCCCO[C@H](COO)COP(=O)([O-])OCC[N+](C)(C)C.